The maximum atomic E-state index is 12.3. The van der Waals surface area contributed by atoms with Gasteiger partial charge in [0.05, 0.1) is 20.3 Å². The predicted octanol–water partition coefficient (Wildman–Crippen LogP) is -0.0579. The van der Waals surface area contributed by atoms with Crippen LogP contribution in [0, 0.1) is 0 Å². The standard InChI is InChI=1S/C12H18N4O4/c1-7(2)9-13-10(15-14-9)11(17)16-4-5-20-8(6-16)12(18)19-3/h7-8H,4-6H2,1-3H3,(H,13,14,15). The molecule has 8 heteroatoms. The van der Waals surface area contributed by atoms with E-state index in [0.717, 1.165) is 0 Å². The van der Waals surface area contributed by atoms with Crippen molar-refractivity contribution in [1.29, 1.82) is 0 Å². The summed E-state index contributed by atoms with van der Waals surface area (Å²) in [6, 6.07) is 0. The lowest BCUT2D eigenvalue weighted by Gasteiger charge is -2.30. The van der Waals surface area contributed by atoms with Crippen LogP contribution in [-0.2, 0) is 14.3 Å². The Bertz CT molecular complexity index is 499. The number of methoxy groups -OCH3 is 1. The van der Waals surface area contributed by atoms with E-state index in [2.05, 4.69) is 19.9 Å². The number of rotatable bonds is 3. The van der Waals surface area contributed by atoms with Crippen LogP contribution in [0.3, 0.4) is 0 Å². The minimum atomic E-state index is -0.749. The van der Waals surface area contributed by atoms with Crippen molar-refractivity contribution >= 4 is 11.9 Å². The Labute approximate surface area is 116 Å². The molecule has 1 saturated heterocycles. The highest BCUT2D eigenvalue weighted by Gasteiger charge is 2.31. The molecule has 110 valence electrons. The third kappa shape index (κ3) is 2.96. The Kier molecular flexibility index (Phi) is 4.33. The zero-order chi connectivity index (χ0) is 14.7. The maximum Gasteiger partial charge on any atom is 0.336 e. The largest absolute Gasteiger partial charge is 0.467 e. The van der Waals surface area contributed by atoms with Gasteiger partial charge in [-0.05, 0) is 0 Å². The molecule has 0 aromatic carbocycles. The average molecular weight is 282 g/mol. The van der Waals surface area contributed by atoms with Crippen molar-refractivity contribution in [2.24, 2.45) is 0 Å². The number of aromatic amines is 1. The highest BCUT2D eigenvalue weighted by molar-refractivity contribution is 5.91. The number of hydrogen-bond donors (Lipinski definition) is 1. The first-order chi connectivity index (χ1) is 9.52. The van der Waals surface area contributed by atoms with E-state index in [0.29, 0.717) is 12.4 Å². The van der Waals surface area contributed by atoms with Crippen LogP contribution >= 0.6 is 0 Å². The van der Waals surface area contributed by atoms with E-state index >= 15 is 0 Å². The molecule has 1 aromatic heterocycles. The topological polar surface area (TPSA) is 97.4 Å². The summed E-state index contributed by atoms with van der Waals surface area (Å²) in [7, 11) is 1.29. The molecule has 2 rings (SSSR count). The molecule has 0 saturated carbocycles. The number of carbonyl (C=O) groups excluding carboxylic acids is 2. The molecule has 0 aliphatic carbocycles. The summed E-state index contributed by atoms with van der Waals surface area (Å²) < 4.78 is 9.89. The van der Waals surface area contributed by atoms with Gasteiger partial charge in [-0.25, -0.2) is 9.78 Å². The van der Waals surface area contributed by atoms with Crippen LogP contribution in [0.15, 0.2) is 0 Å². The normalized spacial score (nSPS) is 19.2. The van der Waals surface area contributed by atoms with Crippen molar-refractivity contribution in [2.45, 2.75) is 25.9 Å². The smallest absolute Gasteiger partial charge is 0.336 e. The molecular weight excluding hydrogens is 264 g/mol. The van der Waals surface area contributed by atoms with Gasteiger partial charge in [-0.2, -0.15) is 0 Å². The number of nitrogens with zero attached hydrogens (tertiary/aromatic N) is 3. The predicted molar refractivity (Wildman–Crippen MR) is 68.1 cm³/mol. The van der Waals surface area contributed by atoms with Gasteiger partial charge in [0.2, 0.25) is 5.82 Å². The molecule has 1 aliphatic rings. The van der Waals surface area contributed by atoms with Gasteiger partial charge in [0, 0.05) is 12.5 Å². The second-order valence-corrected chi connectivity index (χ2v) is 4.83. The molecule has 20 heavy (non-hydrogen) atoms. The van der Waals surface area contributed by atoms with Gasteiger partial charge in [-0.3, -0.25) is 9.89 Å². The first-order valence-electron chi connectivity index (χ1n) is 6.44. The Morgan fingerprint density at radius 3 is 2.85 bits per heavy atom. The molecule has 2 heterocycles. The first-order valence-corrected chi connectivity index (χ1v) is 6.44. The number of nitrogens with one attached hydrogen (secondary N) is 1. The lowest BCUT2D eigenvalue weighted by atomic mass is 10.2. The monoisotopic (exact) mass is 282 g/mol. The molecule has 8 nitrogen and oxygen atoms in total. The Balaban J connectivity index is 2.06. The fourth-order valence-corrected chi connectivity index (χ4v) is 1.88. The molecule has 1 N–H and O–H groups in total. The van der Waals surface area contributed by atoms with Crippen LogP contribution in [0.25, 0.3) is 0 Å². The summed E-state index contributed by atoms with van der Waals surface area (Å²) in [6.45, 7) is 4.75. The maximum absolute atomic E-state index is 12.3. The van der Waals surface area contributed by atoms with Crippen LogP contribution in [0.5, 0.6) is 0 Å². The lowest BCUT2D eigenvalue weighted by molar-refractivity contribution is -0.158. The van der Waals surface area contributed by atoms with Crippen molar-refractivity contribution in [3.63, 3.8) is 0 Å². The second kappa shape index (κ2) is 6.00. The van der Waals surface area contributed by atoms with Gasteiger partial charge >= 0.3 is 5.97 Å². The van der Waals surface area contributed by atoms with Crippen molar-refractivity contribution in [3.8, 4) is 0 Å². The zero-order valence-corrected chi connectivity index (χ0v) is 11.8. The number of amides is 1. The minimum absolute atomic E-state index is 0.110. The zero-order valence-electron chi connectivity index (χ0n) is 11.8. The molecule has 0 spiro atoms. The molecule has 1 aromatic rings. The lowest BCUT2D eigenvalue weighted by Crippen LogP contribution is -2.49. The van der Waals surface area contributed by atoms with E-state index < -0.39 is 12.1 Å². The number of hydrogen-bond acceptors (Lipinski definition) is 6. The van der Waals surface area contributed by atoms with Gasteiger partial charge in [-0.15, -0.1) is 5.10 Å². The van der Waals surface area contributed by atoms with E-state index in [9.17, 15) is 9.59 Å². The van der Waals surface area contributed by atoms with Gasteiger partial charge in [0.25, 0.3) is 5.91 Å². The molecule has 1 aliphatic heterocycles. The third-order valence-electron chi connectivity index (χ3n) is 3.06. The van der Waals surface area contributed by atoms with Gasteiger partial charge in [-0.1, -0.05) is 13.8 Å². The molecular formula is C12H18N4O4. The molecule has 1 fully saturated rings. The van der Waals surface area contributed by atoms with Gasteiger partial charge < -0.3 is 14.4 Å². The van der Waals surface area contributed by atoms with E-state index in [-0.39, 0.29) is 30.8 Å². The third-order valence-corrected chi connectivity index (χ3v) is 3.06. The highest BCUT2D eigenvalue weighted by Crippen LogP contribution is 2.12. The molecule has 0 radical (unpaired) electrons. The van der Waals surface area contributed by atoms with E-state index in [1.54, 1.807) is 0 Å². The number of ether oxygens (including phenoxy) is 2. The highest BCUT2D eigenvalue weighted by atomic mass is 16.6. The number of carbonyl (C=O) groups is 2. The van der Waals surface area contributed by atoms with Crippen LogP contribution in [0.4, 0.5) is 0 Å². The fourth-order valence-electron chi connectivity index (χ4n) is 1.88. The molecule has 1 atom stereocenters. The van der Waals surface area contributed by atoms with Gasteiger partial charge in [0.15, 0.2) is 6.10 Å². The molecule has 0 bridgehead atoms. The summed E-state index contributed by atoms with van der Waals surface area (Å²) in [4.78, 5) is 29.4. The summed E-state index contributed by atoms with van der Waals surface area (Å²) >= 11 is 0. The van der Waals surface area contributed by atoms with Crippen LogP contribution in [0.1, 0.15) is 36.2 Å². The van der Waals surface area contributed by atoms with E-state index in [4.69, 9.17) is 4.74 Å². The molecule has 1 amide bonds. The Morgan fingerprint density at radius 1 is 1.50 bits per heavy atom. The first kappa shape index (κ1) is 14.4. The minimum Gasteiger partial charge on any atom is -0.467 e. The van der Waals surface area contributed by atoms with Crippen molar-refractivity contribution in [3.05, 3.63) is 11.6 Å². The summed E-state index contributed by atoms with van der Waals surface area (Å²) in [6.07, 6.45) is -0.749. The molecule has 1 unspecified atom stereocenters. The van der Waals surface area contributed by atoms with Crippen LogP contribution in [0.2, 0.25) is 0 Å². The average Bonchev–Trinajstić information content (AvgIpc) is 2.95. The number of esters is 1. The summed E-state index contributed by atoms with van der Waals surface area (Å²) in [5.41, 5.74) is 0. The Hall–Kier alpha value is -1.96. The van der Waals surface area contributed by atoms with E-state index in [1.165, 1.54) is 12.0 Å². The van der Waals surface area contributed by atoms with Crippen LogP contribution in [-0.4, -0.2) is 64.9 Å². The SMILES string of the molecule is COC(=O)C1CN(C(=O)c2n[nH]c(C(C)C)n2)CCO1. The van der Waals surface area contributed by atoms with Crippen molar-refractivity contribution in [2.75, 3.05) is 26.8 Å². The second-order valence-electron chi connectivity index (χ2n) is 4.83. The number of aromatic nitrogens is 3. The fraction of sp³-hybridized carbons (Fsp3) is 0.667. The van der Waals surface area contributed by atoms with Crippen molar-refractivity contribution < 1.29 is 19.1 Å². The summed E-state index contributed by atoms with van der Waals surface area (Å²) in [5.74, 6) is 0.132. The Morgan fingerprint density at radius 2 is 2.25 bits per heavy atom. The van der Waals surface area contributed by atoms with Crippen molar-refractivity contribution in [1.82, 2.24) is 20.1 Å². The summed E-state index contributed by atoms with van der Waals surface area (Å²) in [5, 5.41) is 6.66. The number of morpholine rings is 1. The quantitative estimate of drug-likeness (QED) is 0.780. The van der Waals surface area contributed by atoms with Crippen LogP contribution < -0.4 is 0 Å². The van der Waals surface area contributed by atoms with E-state index in [1.807, 2.05) is 13.8 Å². The van der Waals surface area contributed by atoms with Gasteiger partial charge in [0.1, 0.15) is 5.82 Å². The number of H-pyrrole nitrogens is 1.